The molecule has 0 aromatic rings. The predicted octanol–water partition coefficient (Wildman–Crippen LogP) is 5.62. The van der Waals surface area contributed by atoms with E-state index in [0.717, 1.165) is 109 Å². The van der Waals surface area contributed by atoms with E-state index in [1.807, 2.05) is 0 Å². The Morgan fingerprint density at radius 2 is 1.42 bits per heavy atom. The highest BCUT2D eigenvalue weighted by molar-refractivity contribution is 7.80. The first kappa shape index (κ1) is 43.1. The zero-order valence-corrected chi connectivity index (χ0v) is 34.2. The van der Waals surface area contributed by atoms with Crippen LogP contribution in [0.3, 0.4) is 0 Å². The summed E-state index contributed by atoms with van der Waals surface area (Å²) in [6.45, 7) is 17.7. The number of fused-ring (bicyclic) bond motifs is 5. The Kier molecular flexibility index (Phi) is 19.0. The maximum Gasteiger partial charge on any atom is 0.0637 e. The Balaban J connectivity index is 1.45. The van der Waals surface area contributed by atoms with Gasteiger partial charge < -0.3 is 41.6 Å². The van der Waals surface area contributed by atoms with Gasteiger partial charge in [-0.25, -0.2) is 0 Å². The smallest absolute Gasteiger partial charge is 0.0637 e. The summed E-state index contributed by atoms with van der Waals surface area (Å²) in [7, 11) is 0. The van der Waals surface area contributed by atoms with Crippen LogP contribution in [-0.2, 0) is 14.2 Å². The summed E-state index contributed by atoms with van der Waals surface area (Å²) in [5.74, 6) is 5.63. The number of rotatable bonds is 25. The highest BCUT2D eigenvalue weighted by Crippen LogP contribution is 2.69. The van der Waals surface area contributed by atoms with E-state index < -0.39 is 0 Å². The number of hydrogen-bond donors (Lipinski definition) is 6. The van der Waals surface area contributed by atoms with Gasteiger partial charge in [-0.3, -0.25) is 0 Å². The molecule has 0 heterocycles. The van der Waals surface area contributed by atoms with Gasteiger partial charge in [-0.2, -0.15) is 25.3 Å². The number of ether oxygens (including phenoxy) is 3. The van der Waals surface area contributed by atoms with Crippen LogP contribution >= 0.6 is 25.3 Å². The van der Waals surface area contributed by atoms with Crippen molar-refractivity contribution >= 4 is 25.3 Å². The second-order valence-corrected chi connectivity index (χ2v) is 17.9. The molecule has 7 unspecified atom stereocenters. The van der Waals surface area contributed by atoms with E-state index in [9.17, 15) is 0 Å². The van der Waals surface area contributed by atoms with Crippen molar-refractivity contribution in [2.45, 2.75) is 123 Å². The average Bonchev–Trinajstić information content (AvgIpc) is 3.46. The lowest BCUT2D eigenvalue weighted by atomic mass is 9.43. The van der Waals surface area contributed by atoms with Gasteiger partial charge in [0.15, 0.2) is 0 Å². The van der Waals surface area contributed by atoms with E-state index in [4.69, 9.17) is 31.4 Å². The van der Waals surface area contributed by atoms with Crippen LogP contribution in [0.4, 0.5) is 0 Å². The molecule has 7 N–H and O–H groups in total. The molecule has 0 amide bonds. The van der Waals surface area contributed by atoms with Crippen molar-refractivity contribution < 1.29 is 14.2 Å². The van der Waals surface area contributed by atoms with Gasteiger partial charge in [0, 0.05) is 49.8 Å². The molecule has 0 radical (unpaired) electrons. The summed E-state index contributed by atoms with van der Waals surface area (Å²) in [6, 6.07) is 0. The molecular weight excluding hydrogens is 663 g/mol. The number of nitrogens with zero attached hydrogens (tertiary/aromatic N) is 1. The van der Waals surface area contributed by atoms with Crippen LogP contribution < -0.4 is 22.5 Å². The molecule has 0 bridgehead atoms. The summed E-state index contributed by atoms with van der Waals surface area (Å²) < 4.78 is 20.4. The van der Waals surface area contributed by atoms with Crippen molar-refractivity contribution in [2.24, 2.45) is 63.5 Å². The number of hydrogen-bond acceptors (Lipinski definition) is 10. The van der Waals surface area contributed by atoms with Gasteiger partial charge >= 0.3 is 0 Å². The Bertz CT molecular complexity index is 933. The zero-order valence-electron chi connectivity index (χ0n) is 32.4. The molecular formula is C40H79N5O3S2. The van der Waals surface area contributed by atoms with E-state index in [0.29, 0.717) is 72.8 Å². The molecule has 50 heavy (non-hydrogen) atoms. The fourth-order valence-electron chi connectivity index (χ4n) is 11.5. The second-order valence-electron chi connectivity index (χ2n) is 17.0. The summed E-state index contributed by atoms with van der Waals surface area (Å²) in [4.78, 5) is 2.48. The molecule has 4 saturated carbocycles. The zero-order chi connectivity index (χ0) is 36.0. The van der Waals surface area contributed by atoms with Crippen LogP contribution in [-0.4, -0.2) is 107 Å². The van der Waals surface area contributed by atoms with Gasteiger partial charge in [-0.05, 0) is 164 Å². The molecule has 8 nitrogen and oxygen atoms in total. The predicted molar refractivity (Wildman–Crippen MR) is 216 cm³/mol. The molecule has 0 aliphatic heterocycles. The molecule has 0 spiro atoms. The van der Waals surface area contributed by atoms with E-state index in [-0.39, 0.29) is 11.5 Å². The van der Waals surface area contributed by atoms with Gasteiger partial charge in [0.25, 0.3) is 0 Å². The first-order valence-electron chi connectivity index (χ1n) is 20.9. The first-order chi connectivity index (χ1) is 24.3. The van der Waals surface area contributed by atoms with Gasteiger partial charge in [0.05, 0.1) is 18.3 Å². The molecule has 294 valence electrons. The standard InChI is InChI=1S/C40H79N5O3S2/c1-30(9-4-17-44-18-8-19-45(20-25-49)21-26-50)33-10-11-34-38-35(29-37(40(33,34)3)48-24-7-16-43)39(2)13-12-32(46-22-5-14-41)27-31(39)28-36(38)47-23-6-15-42/h30-38,44,49-50H,4-29,41-43H2,1-3H3/t30?,31?,32-,33?,34?,35+,36-,37+,38?,39?,40?/m1/s1. The molecule has 4 aliphatic rings. The summed E-state index contributed by atoms with van der Waals surface area (Å²) in [6.07, 6.45) is 15.9. The average molecular weight is 742 g/mol. The third-order valence-electron chi connectivity index (χ3n) is 14.2. The Labute approximate surface area is 318 Å². The highest BCUT2D eigenvalue weighted by Gasteiger charge is 2.66. The summed E-state index contributed by atoms with van der Waals surface area (Å²) in [5.41, 5.74) is 18.2. The van der Waals surface area contributed by atoms with Crippen molar-refractivity contribution in [1.29, 1.82) is 0 Å². The third kappa shape index (κ3) is 10.8. The lowest BCUT2D eigenvalue weighted by Crippen LogP contribution is -2.63. The Morgan fingerprint density at radius 3 is 2.10 bits per heavy atom. The molecule has 10 heteroatoms. The van der Waals surface area contributed by atoms with Crippen LogP contribution in [0.2, 0.25) is 0 Å². The van der Waals surface area contributed by atoms with Gasteiger partial charge in [0.2, 0.25) is 0 Å². The fraction of sp³-hybridized carbons (Fsp3) is 1.00. The second kappa shape index (κ2) is 22.1. The first-order valence-corrected chi connectivity index (χ1v) is 22.1. The summed E-state index contributed by atoms with van der Waals surface area (Å²) in [5, 5.41) is 3.75. The third-order valence-corrected chi connectivity index (χ3v) is 14.6. The monoisotopic (exact) mass is 742 g/mol. The summed E-state index contributed by atoms with van der Waals surface area (Å²) >= 11 is 8.86. The van der Waals surface area contributed by atoms with Crippen molar-refractivity contribution in [3.63, 3.8) is 0 Å². The van der Waals surface area contributed by atoms with Crippen LogP contribution in [0, 0.1) is 46.3 Å². The minimum Gasteiger partial charge on any atom is -0.378 e. The van der Waals surface area contributed by atoms with Gasteiger partial charge in [0.1, 0.15) is 0 Å². The van der Waals surface area contributed by atoms with E-state index >= 15 is 0 Å². The molecule has 0 aromatic heterocycles. The van der Waals surface area contributed by atoms with Crippen LogP contribution in [0.1, 0.15) is 104 Å². The molecule has 11 atom stereocenters. The molecule has 4 aliphatic carbocycles. The van der Waals surface area contributed by atoms with Crippen molar-refractivity contribution in [3.8, 4) is 0 Å². The topological polar surface area (TPSA) is 121 Å². The largest absolute Gasteiger partial charge is 0.378 e. The number of thiol groups is 2. The number of nitrogens with two attached hydrogens (primary N) is 3. The van der Waals surface area contributed by atoms with E-state index in [2.05, 4.69) is 56.2 Å². The SMILES string of the molecule is CC(CCCNCCCN(CCS)CCS)C1CCC2C3[C@H](OCCCN)CC4C[C@H](OCCCN)CCC4(C)[C@H]3C[C@H](OCCCN)C12C. The van der Waals surface area contributed by atoms with Crippen molar-refractivity contribution in [2.75, 3.05) is 83.7 Å². The lowest BCUT2D eigenvalue weighted by molar-refractivity contribution is -0.227. The lowest BCUT2D eigenvalue weighted by Gasteiger charge is -2.65. The maximum atomic E-state index is 7.04. The fourth-order valence-corrected chi connectivity index (χ4v) is 12.1. The van der Waals surface area contributed by atoms with Crippen LogP contribution in [0.5, 0.6) is 0 Å². The van der Waals surface area contributed by atoms with Gasteiger partial charge in [-0.15, -0.1) is 0 Å². The Hall–Kier alpha value is 0.380. The van der Waals surface area contributed by atoms with Crippen molar-refractivity contribution in [1.82, 2.24) is 10.2 Å². The minimum absolute atomic E-state index is 0.160. The van der Waals surface area contributed by atoms with Gasteiger partial charge in [-0.1, -0.05) is 20.8 Å². The van der Waals surface area contributed by atoms with Crippen molar-refractivity contribution in [3.05, 3.63) is 0 Å². The molecule has 4 fully saturated rings. The molecule has 0 saturated heterocycles. The molecule has 4 rings (SSSR count). The normalized spacial score (nSPS) is 35.9. The number of nitrogens with one attached hydrogen (secondary N) is 1. The maximum absolute atomic E-state index is 7.04. The Morgan fingerprint density at radius 1 is 0.760 bits per heavy atom. The van der Waals surface area contributed by atoms with E-state index in [1.165, 1.54) is 38.5 Å². The quantitative estimate of drug-likeness (QED) is 0.0527. The molecule has 0 aromatic carbocycles. The highest BCUT2D eigenvalue weighted by atomic mass is 32.1. The van der Waals surface area contributed by atoms with Crippen LogP contribution in [0.15, 0.2) is 0 Å². The minimum atomic E-state index is 0.160. The van der Waals surface area contributed by atoms with E-state index in [1.54, 1.807) is 0 Å². The van der Waals surface area contributed by atoms with Crippen LogP contribution in [0.25, 0.3) is 0 Å².